The molecule has 6 heteroatoms. The number of carbonyl (C=O) groups excluding carboxylic acids is 1. The number of rotatable bonds is 5. The van der Waals surface area contributed by atoms with Crippen LogP contribution in [0, 0.1) is 5.92 Å². The fourth-order valence-electron chi connectivity index (χ4n) is 2.94. The standard InChI is InChI=1S/C13H22ClO4P/c1-19(16)9-4-12(15)11(10-19)13(5-2-3-6-14)17-7-8-18-13/h11H,2-10H2,1H3. The first kappa shape index (κ1) is 15.5. The molecular formula is C13H22ClO4P. The Morgan fingerprint density at radius 3 is 2.68 bits per heavy atom. The summed E-state index contributed by atoms with van der Waals surface area (Å²) in [6, 6.07) is 0. The number of ketones is 1. The fraction of sp³-hybridized carbons (Fsp3) is 0.923. The SMILES string of the molecule is CP1(=O)CCC(=O)C(C2(CCCCCl)OCCO2)C1. The van der Waals surface area contributed by atoms with E-state index in [2.05, 4.69) is 0 Å². The molecule has 2 rings (SSSR count). The summed E-state index contributed by atoms with van der Waals surface area (Å²) in [5, 5.41) is 0. The second-order valence-electron chi connectivity index (χ2n) is 5.63. The van der Waals surface area contributed by atoms with Crippen LogP contribution in [-0.2, 0) is 18.8 Å². The van der Waals surface area contributed by atoms with Crippen molar-refractivity contribution < 1.29 is 18.8 Å². The van der Waals surface area contributed by atoms with Gasteiger partial charge in [0.1, 0.15) is 5.78 Å². The molecule has 0 aromatic carbocycles. The van der Waals surface area contributed by atoms with Crippen molar-refractivity contribution in [3.8, 4) is 0 Å². The van der Waals surface area contributed by atoms with Crippen LogP contribution in [0.3, 0.4) is 0 Å². The van der Waals surface area contributed by atoms with Crippen LogP contribution in [0.5, 0.6) is 0 Å². The van der Waals surface area contributed by atoms with E-state index in [4.69, 9.17) is 21.1 Å². The number of ether oxygens (including phenoxy) is 2. The van der Waals surface area contributed by atoms with Gasteiger partial charge in [0.15, 0.2) is 5.79 Å². The van der Waals surface area contributed by atoms with Crippen molar-refractivity contribution in [2.24, 2.45) is 5.92 Å². The van der Waals surface area contributed by atoms with Gasteiger partial charge < -0.3 is 14.0 Å². The summed E-state index contributed by atoms with van der Waals surface area (Å²) in [5.74, 6) is -0.466. The Labute approximate surface area is 119 Å². The monoisotopic (exact) mass is 308 g/mol. The van der Waals surface area contributed by atoms with Crippen molar-refractivity contribution in [1.82, 2.24) is 0 Å². The lowest BCUT2D eigenvalue weighted by atomic mass is 9.89. The zero-order valence-electron chi connectivity index (χ0n) is 11.4. The summed E-state index contributed by atoms with van der Waals surface area (Å²) < 4.78 is 23.9. The highest BCUT2D eigenvalue weighted by Gasteiger charge is 2.50. The molecule has 2 aliphatic heterocycles. The third kappa shape index (κ3) is 3.60. The van der Waals surface area contributed by atoms with Gasteiger partial charge in [0.05, 0.1) is 26.3 Å². The summed E-state index contributed by atoms with van der Waals surface area (Å²) >= 11 is 5.70. The first-order chi connectivity index (χ1) is 8.99. The van der Waals surface area contributed by atoms with Gasteiger partial charge in [-0.25, -0.2) is 0 Å². The van der Waals surface area contributed by atoms with Gasteiger partial charge in [-0.15, -0.1) is 11.6 Å². The van der Waals surface area contributed by atoms with Crippen LogP contribution in [0.15, 0.2) is 0 Å². The van der Waals surface area contributed by atoms with Crippen LogP contribution in [0.25, 0.3) is 0 Å². The predicted molar refractivity (Wildman–Crippen MR) is 75.6 cm³/mol. The van der Waals surface area contributed by atoms with Gasteiger partial charge in [0.25, 0.3) is 0 Å². The smallest absolute Gasteiger partial charge is 0.178 e. The van der Waals surface area contributed by atoms with E-state index in [0.29, 0.717) is 44.3 Å². The molecule has 2 atom stereocenters. The Balaban J connectivity index is 2.12. The average Bonchev–Trinajstić information content (AvgIpc) is 2.83. The van der Waals surface area contributed by atoms with E-state index in [-0.39, 0.29) is 11.7 Å². The number of alkyl halides is 1. The minimum atomic E-state index is -2.22. The highest BCUT2D eigenvalue weighted by molar-refractivity contribution is 7.63. The highest BCUT2D eigenvalue weighted by Crippen LogP contribution is 2.52. The van der Waals surface area contributed by atoms with Crippen molar-refractivity contribution in [3.63, 3.8) is 0 Å². The number of unbranched alkanes of at least 4 members (excludes halogenated alkanes) is 1. The fourth-order valence-corrected chi connectivity index (χ4v) is 5.26. The normalized spacial score (nSPS) is 34.6. The van der Waals surface area contributed by atoms with Crippen LogP contribution in [0.2, 0.25) is 0 Å². The first-order valence-corrected chi connectivity index (χ1v) is 9.97. The largest absolute Gasteiger partial charge is 0.347 e. The van der Waals surface area contributed by atoms with E-state index in [1.165, 1.54) is 0 Å². The Hall–Kier alpha value is 0.110. The maximum Gasteiger partial charge on any atom is 0.178 e. The molecule has 0 bridgehead atoms. The number of carbonyl (C=O) groups is 1. The average molecular weight is 309 g/mol. The molecule has 110 valence electrons. The number of halogens is 1. The van der Waals surface area contributed by atoms with Crippen LogP contribution in [-0.4, -0.2) is 49.7 Å². The van der Waals surface area contributed by atoms with Crippen LogP contribution >= 0.6 is 18.7 Å². The van der Waals surface area contributed by atoms with Gasteiger partial charge in [0, 0.05) is 31.0 Å². The Morgan fingerprint density at radius 1 is 1.37 bits per heavy atom. The van der Waals surface area contributed by atoms with Crippen LogP contribution in [0.1, 0.15) is 25.7 Å². The van der Waals surface area contributed by atoms with E-state index in [9.17, 15) is 9.36 Å². The Kier molecular flexibility index (Phi) is 5.10. The molecule has 2 heterocycles. The first-order valence-electron chi connectivity index (χ1n) is 6.91. The molecule has 0 amide bonds. The molecular weight excluding hydrogens is 287 g/mol. The van der Waals surface area contributed by atoms with Gasteiger partial charge in [-0.2, -0.15) is 0 Å². The predicted octanol–water partition coefficient (Wildman–Crippen LogP) is 2.72. The maximum atomic E-state index is 12.3. The quantitative estimate of drug-likeness (QED) is 0.445. The molecule has 2 saturated heterocycles. The molecule has 0 aromatic heterocycles. The van der Waals surface area contributed by atoms with E-state index in [1.807, 2.05) is 0 Å². The number of hydrogen-bond acceptors (Lipinski definition) is 4. The van der Waals surface area contributed by atoms with Gasteiger partial charge in [-0.3, -0.25) is 4.79 Å². The van der Waals surface area contributed by atoms with Crippen molar-refractivity contribution in [2.75, 3.05) is 38.1 Å². The van der Waals surface area contributed by atoms with Crippen LogP contribution in [0.4, 0.5) is 0 Å². The summed E-state index contributed by atoms with van der Waals surface area (Å²) in [6.07, 6.45) is 3.74. The van der Waals surface area contributed by atoms with Crippen molar-refractivity contribution in [2.45, 2.75) is 31.5 Å². The third-order valence-electron chi connectivity index (χ3n) is 4.00. The minimum absolute atomic E-state index is 0.140. The molecule has 0 radical (unpaired) electrons. The summed E-state index contributed by atoms with van der Waals surface area (Å²) in [6.45, 7) is 2.81. The lowest BCUT2D eigenvalue weighted by Gasteiger charge is -2.38. The molecule has 19 heavy (non-hydrogen) atoms. The van der Waals surface area contributed by atoms with Gasteiger partial charge in [-0.1, -0.05) is 0 Å². The highest BCUT2D eigenvalue weighted by atomic mass is 35.5. The Bertz CT molecular complexity index is 379. The molecule has 0 aliphatic carbocycles. The topological polar surface area (TPSA) is 52.6 Å². The lowest BCUT2D eigenvalue weighted by Crippen LogP contribution is -2.47. The van der Waals surface area contributed by atoms with Gasteiger partial charge in [-0.05, 0) is 19.5 Å². The molecule has 2 unspecified atom stereocenters. The second kappa shape index (κ2) is 6.26. The third-order valence-corrected chi connectivity index (χ3v) is 6.58. The lowest BCUT2D eigenvalue weighted by molar-refractivity contribution is -0.198. The maximum absolute atomic E-state index is 12.3. The molecule has 4 nitrogen and oxygen atoms in total. The van der Waals surface area contributed by atoms with E-state index < -0.39 is 12.9 Å². The summed E-state index contributed by atoms with van der Waals surface area (Å²) in [4.78, 5) is 12.2. The second-order valence-corrected chi connectivity index (χ2v) is 9.41. The van der Waals surface area contributed by atoms with Crippen molar-refractivity contribution in [3.05, 3.63) is 0 Å². The van der Waals surface area contributed by atoms with Crippen molar-refractivity contribution >= 4 is 24.5 Å². The minimum Gasteiger partial charge on any atom is -0.347 e. The molecule has 0 spiro atoms. The molecule has 0 N–H and O–H groups in total. The zero-order chi connectivity index (χ0) is 13.9. The van der Waals surface area contributed by atoms with E-state index in [0.717, 1.165) is 12.8 Å². The van der Waals surface area contributed by atoms with Crippen molar-refractivity contribution in [1.29, 1.82) is 0 Å². The number of Topliss-reactive ketones (excluding diaryl/α,β-unsaturated/α-hetero) is 1. The van der Waals surface area contributed by atoms with E-state index in [1.54, 1.807) is 6.66 Å². The Morgan fingerprint density at radius 2 is 2.05 bits per heavy atom. The van der Waals surface area contributed by atoms with E-state index >= 15 is 0 Å². The molecule has 0 saturated carbocycles. The van der Waals surface area contributed by atoms with Crippen LogP contribution < -0.4 is 0 Å². The van der Waals surface area contributed by atoms with Gasteiger partial charge in [0.2, 0.25) is 0 Å². The molecule has 2 aliphatic rings. The zero-order valence-corrected chi connectivity index (χ0v) is 13.0. The summed E-state index contributed by atoms with van der Waals surface area (Å²) in [5.41, 5.74) is 0. The molecule has 0 aromatic rings. The van der Waals surface area contributed by atoms with Gasteiger partial charge >= 0.3 is 0 Å². The number of hydrogen-bond donors (Lipinski definition) is 0. The summed E-state index contributed by atoms with van der Waals surface area (Å²) in [7, 11) is -2.22. The molecule has 2 fully saturated rings.